The lowest BCUT2D eigenvalue weighted by atomic mass is 10.1. The van der Waals surface area contributed by atoms with Crippen LogP contribution in [-0.2, 0) is 9.59 Å². The summed E-state index contributed by atoms with van der Waals surface area (Å²) in [6, 6.07) is 10.1. The van der Waals surface area contributed by atoms with Gasteiger partial charge in [-0.25, -0.2) is 13.8 Å². The zero-order chi connectivity index (χ0) is 24.0. The molecule has 0 saturated heterocycles. The quantitative estimate of drug-likeness (QED) is 0.461. The number of amides is 3. The van der Waals surface area contributed by atoms with Crippen LogP contribution in [-0.4, -0.2) is 29.3 Å². The van der Waals surface area contributed by atoms with Gasteiger partial charge in [-0.2, -0.15) is 0 Å². The predicted molar refractivity (Wildman–Crippen MR) is 122 cm³/mol. The number of aromatic nitrogens is 1. The Labute approximate surface area is 193 Å². The molecule has 3 amide bonds. The van der Waals surface area contributed by atoms with Crippen molar-refractivity contribution in [3.8, 4) is 11.3 Å². The third-order valence-electron chi connectivity index (χ3n) is 4.69. The number of nitrogens with zero attached hydrogens (tertiary/aromatic N) is 1. The Kier molecular flexibility index (Phi) is 7.83. The molecule has 172 valence electrons. The Bertz CT molecular complexity index is 1160. The molecule has 1 atom stereocenters. The zero-order valence-electron chi connectivity index (χ0n) is 17.9. The summed E-state index contributed by atoms with van der Waals surface area (Å²) in [5.41, 5.74) is 2.22. The highest BCUT2D eigenvalue weighted by molar-refractivity contribution is 7.14. The molecule has 0 fully saturated rings. The van der Waals surface area contributed by atoms with E-state index in [2.05, 4.69) is 20.9 Å². The summed E-state index contributed by atoms with van der Waals surface area (Å²) >= 11 is 1.26. The highest BCUT2D eigenvalue weighted by Gasteiger charge is 2.14. The fraction of sp³-hybridized carbons (Fsp3) is 0.217. The molecule has 1 unspecified atom stereocenters. The van der Waals surface area contributed by atoms with Crippen molar-refractivity contribution in [3.63, 3.8) is 0 Å². The van der Waals surface area contributed by atoms with E-state index in [1.54, 1.807) is 5.38 Å². The first-order chi connectivity index (χ1) is 15.7. The highest BCUT2D eigenvalue weighted by atomic mass is 32.1. The summed E-state index contributed by atoms with van der Waals surface area (Å²) in [7, 11) is 0. The van der Waals surface area contributed by atoms with E-state index in [0.29, 0.717) is 16.9 Å². The molecule has 3 aromatic rings. The average Bonchev–Trinajstić information content (AvgIpc) is 3.21. The third-order valence-corrected chi connectivity index (χ3v) is 5.45. The van der Waals surface area contributed by atoms with Crippen LogP contribution in [0.1, 0.15) is 42.2 Å². The Morgan fingerprint density at radius 1 is 1.09 bits per heavy atom. The third kappa shape index (κ3) is 6.66. The molecule has 1 aromatic heterocycles. The second-order valence-corrected chi connectivity index (χ2v) is 8.12. The largest absolute Gasteiger partial charge is 0.351 e. The predicted octanol–water partition coefficient (Wildman–Crippen LogP) is 4.04. The average molecular weight is 473 g/mol. The smallest absolute Gasteiger partial charge is 0.254 e. The summed E-state index contributed by atoms with van der Waals surface area (Å²) in [5.74, 6) is -2.94. The van der Waals surface area contributed by atoms with Gasteiger partial charge in [0.15, 0.2) is 5.13 Å². The van der Waals surface area contributed by atoms with Crippen LogP contribution in [0.2, 0.25) is 0 Å². The van der Waals surface area contributed by atoms with Crippen molar-refractivity contribution in [1.29, 1.82) is 0 Å². The van der Waals surface area contributed by atoms with Crippen molar-refractivity contribution >= 4 is 34.2 Å². The van der Waals surface area contributed by atoms with Crippen LogP contribution < -0.4 is 16.0 Å². The van der Waals surface area contributed by atoms with Crippen molar-refractivity contribution in [2.75, 3.05) is 11.9 Å². The molecule has 2 aromatic carbocycles. The molecule has 0 spiro atoms. The fourth-order valence-corrected chi connectivity index (χ4v) is 3.77. The fourth-order valence-electron chi connectivity index (χ4n) is 3.03. The van der Waals surface area contributed by atoms with E-state index in [9.17, 15) is 23.2 Å². The second-order valence-electron chi connectivity index (χ2n) is 7.26. The number of carbonyl (C=O) groups excluding carboxylic acids is 3. The summed E-state index contributed by atoms with van der Waals surface area (Å²) in [5, 5.41) is 10.1. The van der Waals surface area contributed by atoms with Crippen LogP contribution in [0.15, 0.2) is 47.8 Å². The van der Waals surface area contributed by atoms with Crippen molar-refractivity contribution in [1.82, 2.24) is 15.6 Å². The molecule has 0 aliphatic heterocycles. The summed E-state index contributed by atoms with van der Waals surface area (Å²) in [4.78, 5) is 39.7. The summed E-state index contributed by atoms with van der Waals surface area (Å²) in [6.45, 7) is 3.34. The topological polar surface area (TPSA) is 100 Å². The minimum absolute atomic E-state index is 0.0202. The Hall–Kier alpha value is -3.66. The first-order valence-corrected chi connectivity index (χ1v) is 11.0. The van der Waals surface area contributed by atoms with Gasteiger partial charge < -0.3 is 16.0 Å². The summed E-state index contributed by atoms with van der Waals surface area (Å²) < 4.78 is 26.6. The molecule has 7 nitrogen and oxygen atoms in total. The van der Waals surface area contributed by atoms with E-state index in [4.69, 9.17) is 0 Å². The lowest BCUT2D eigenvalue weighted by Crippen LogP contribution is -2.28. The molecule has 0 aliphatic rings. The molecule has 0 saturated carbocycles. The molecule has 0 radical (unpaired) electrons. The number of thiazole rings is 1. The van der Waals surface area contributed by atoms with Gasteiger partial charge in [-0.15, -0.1) is 11.3 Å². The minimum atomic E-state index is -0.968. The van der Waals surface area contributed by atoms with Crippen LogP contribution in [0, 0.1) is 11.6 Å². The zero-order valence-corrected chi connectivity index (χ0v) is 18.8. The number of halogens is 2. The lowest BCUT2D eigenvalue weighted by molar-refractivity contribution is -0.119. The first-order valence-electron chi connectivity index (χ1n) is 10.1. The Balaban J connectivity index is 1.50. The van der Waals surface area contributed by atoms with Gasteiger partial charge in [0, 0.05) is 36.9 Å². The molecule has 3 rings (SSSR count). The monoisotopic (exact) mass is 472 g/mol. The Morgan fingerprint density at radius 2 is 1.82 bits per heavy atom. The van der Waals surface area contributed by atoms with Crippen LogP contribution >= 0.6 is 11.3 Å². The molecular weight excluding hydrogens is 450 g/mol. The van der Waals surface area contributed by atoms with Crippen LogP contribution in [0.4, 0.5) is 13.9 Å². The number of nitrogens with one attached hydrogen (secondary N) is 3. The normalized spacial score (nSPS) is 11.5. The standard InChI is InChI=1S/C23H22F2N4O3S/c1-13(27-14(2)30)15-3-5-16(6-4-15)20-12-33-23(28-20)29-21(31)9-10-26-22(32)18-8-7-17(24)11-19(18)25/h3-8,11-13H,9-10H2,1-2H3,(H,26,32)(H,27,30)(H,28,29,31). The lowest BCUT2D eigenvalue weighted by Gasteiger charge is -2.13. The highest BCUT2D eigenvalue weighted by Crippen LogP contribution is 2.26. The first kappa shape index (κ1) is 24.0. The molecule has 3 N–H and O–H groups in total. The molecule has 1 heterocycles. The van der Waals surface area contributed by atoms with Gasteiger partial charge in [0.05, 0.1) is 17.3 Å². The van der Waals surface area contributed by atoms with Crippen LogP contribution in [0.25, 0.3) is 11.3 Å². The van der Waals surface area contributed by atoms with E-state index in [1.165, 1.54) is 18.3 Å². The molecule has 0 aliphatic carbocycles. The van der Waals surface area contributed by atoms with Crippen LogP contribution in [0.3, 0.4) is 0 Å². The van der Waals surface area contributed by atoms with Crippen molar-refractivity contribution in [2.24, 2.45) is 0 Å². The van der Waals surface area contributed by atoms with E-state index < -0.39 is 17.5 Å². The van der Waals surface area contributed by atoms with Crippen molar-refractivity contribution in [3.05, 3.63) is 70.6 Å². The van der Waals surface area contributed by atoms with Gasteiger partial charge in [0.25, 0.3) is 5.91 Å². The molecule has 0 bridgehead atoms. The van der Waals surface area contributed by atoms with Gasteiger partial charge in [-0.1, -0.05) is 24.3 Å². The number of anilines is 1. The molecule has 10 heteroatoms. The number of benzene rings is 2. The number of hydrogen-bond donors (Lipinski definition) is 3. The van der Waals surface area contributed by atoms with Gasteiger partial charge in [-0.3, -0.25) is 14.4 Å². The number of hydrogen-bond acceptors (Lipinski definition) is 5. The van der Waals surface area contributed by atoms with Crippen LogP contribution in [0.5, 0.6) is 0 Å². The SMILES string of the molecule is CC(=O)NC(C)c1ccc(-c2csc(NC(=O)CCNC(=O)c3ccc(F)cc3F)n2)cc1. The van der Waals surface area contributed by atoms with E-state index in [0.717, 1.165) is 23.3 Å². The minimum Gasteiger partial charge on any atom is -0.351 e. The van der Waals surface area contributed by atoms with E-state index in [1.807, 2.05) is 31.2 Å². The van der Waals surface area contributed by atoms with Crippen molar-refractivity contribution < 1.29 is 23.2 Å². The van der Waals surface area contributed by atoms with Gasteiger partial charge in [-0.05, 0) is 24.6 Å². The Morgan fingerprint density at radius 3 is 2.48 bits per heavy atom. The van der Waals surface area contributed by atoms with E-state index >= 15 is 0 Å². The van der Waals surface area contributed by atoms with Gasteiger partial charge in [0.2, 0.25) is 11.8 Å². The summed E-state index contributed by atoms with van der Waals surface area (Å²) in [6.07, 6.45) is -0.0425. The molecular formula is C23H22F2N4O3S. The van der Waals surface area contributed by atoms with E-state index in [-0.39, 0.29) is 36.4 Å². The molecule has 33 heavy (non-hydrogen) atoms. The maximum atomic E-state index is 13.6. The maximum Gasteiger partial charge on any atom is 0.254 e. The maximum absolute atomic E-state index is 13.6. The second kappa shape index (κ2) is 10.8. The van der Waals surface area contributed by atoms with Gasteiger partial charge in [0.1, 0.15) is 11.6 Å². The van der Waals surface area contributed by atoms with Crippen molar-refractivity contribution in [2.45, 2.75) is 26.3 Å². The number of rotatable bonds is 8. The number of carbonyl (C=O) groups is 3. The van der Waals surface area contributed by atoms with Gasteiger partial charge >= 0.3 is 0 Å².